The Hall–Kier alpha value is -2.67. The van der Waals surface area contributed by atoms with Gasteiger partial charge in [-0.05, 0) is 17.5 Å². The van der Waals surface area contributed by atoms with Crippen molar-refractivity contribution in [3.05, 3.63) is 52.4 Å². The van der Waals surface area contributed by atoms with Crippen LogP contribution in [0, 0.1) is 5.92 Å². The average molecular weight is 360 g/mol. The Labute approximate surface area is 149 Å². The summed E-state index contributed by atoms with van der Waals surface area (Å²) in [5.41, 5.74) is 6.77. The minimum Gasteiger partial charge on any atom is -0.481 e. The van der Waals surface area contributed by atoms with Gasteiger partial charge in [-0.2, -0.15) is 0 Å². The van der Waals surface area contributed by atoms with E-state index in [4.69, 9.17) is 10.8 Å². The molecule has 2 rings (SSSR count). The van der Waals surface area contributed by atoms with Gasteiger partial charge in [-0.15, -0.1) is 11.3 Å². The first-order valence-corrected chi connectivity index (χ1v) is 8.65. The number of anilines is 1. The van der Waals surface area contributed by atoms with Gasteiger partial charge in [-0.25, -0.2) is 0 Å². The third-order valence-electron chi connectivity index (χ3n) is 3.58. The lowest BCUT2D eigenvalue weighted by atomic mass is 10.0. The number of thiophene rings is 1. The topological polar surface area (TPSA) is 109 Å². The van der Waals surface area contributed by atoms with E-state index in [-0.39, 0.29) is 30.2 Å². The van der Waals surface area contributed by atoms with E-state index in [2.05, 4.69) is 5.32 Å². The third kappa shape index (κ3) is 5.72. The number of primary amides is 1. The fourth-order valence-corrected chi connectivity index (χ4v) is 3.58. The van der Waals surface area contributed by atoms with Crippen molar-refractivity contribution in [2.75, 3.05) is 5.32 Å². The zero-order valence-electron chi connectivity index (χ0n) is 13.8. The lowest BCUT2D eigenvalue weighted by molar-refractivity contribution is -0.138. The normalized spacial score (nSPS) is 11.7. The van der Waals surface area contributed by atoms with Crippen molar-refractivity contribution in [1.29, 1.82) is 0 Å². The number of amides is 2. The molecule has 6 nitrogen and oxygen atoms in total. The lowest BCUT2D eigenvalue weighted by Crippen LogP contribution is -2.19. The summed E-state index contributed by atoms with van der Waals surface area (Å²) >= 11 is 1.30. The molecular weight excluding hydrogens is 340 g/mol. The molecule has 25 heavy (non-hydrogen) atoms. The van der Waals surface area contributed by atoms with E-state index in [9.17, 15) is 14.4 Å². The zero-order valence-corrected chi connectivity index (χ0v) is 14.6. The van der Waals surface area contributed by atoms with Crippen LogP contribution < -0.4 is 11.1 Å². The molecule has 1 heterocycles. The maximum atomic E-state index is 12.1. The van der Waals surface area contributed by atoms with Crippen molar-refractivity contribution in [3.8, 4) is 0 Å². The number of hydrogen-bond acceptors (Lipinski definition) is 4. The SMILES string of the molecule is C[C@H](CC(=O)O)CC(=O)Nc1sc(Cc2ccccc2)cc1C(N)=O. The van der Waals surface area contributed by atoms with Gasteiger partial charge in [0.05, 0.1) is 5.56 Å². The summed E-state index contributed by atoms with van der Waals surface area (Å²) in [4.78, 5) is 35.3. The monoisotopic (exact) mass is 360 g/mol. The van der Waals surface area contributed by atoms with Gasteiger partial charge in [0.1, 0.15) is 5.00 Å². The van der Waals surface area contributed by atoms with Crippen LogP contribution in [-0.2, 0) is 16.0 Å². The fraction of sp³-hybridized carbons (Fsp3) is 0.278. The number of carbonyl (C=O) groups excluding carboxylic acids is 2. The van der Waals surface area contributed by atoms with Crippen LogP contribution in [0.15, 0.2) is 36.4 Å². The summed E-state index contributed by atoms with van der Waals surface area (Å²) in [6.45, 7) is 1.69. The molecule has 132 valence electrons. The van der Waals surface area contributed by atoms with Crippen molar-refractivity contribution in [3.63, 3.8) is 0 Å². The molecule has 0 fully saturated rings. The van der Waals surface area contributed by atoms with E-state index < -0.39 is 11.9 Å². The molecule has 0 aliphatic carbocycles. The van der Waals surface area contributed by atoms with Gasteiger partial charge in [-0.1, -0.05) is 37.3 Å². The maximum Gasteiger partial charge on any atom is 0.303 e. The molecule has 7 heteroatoms. The van der Waals surface area contributed by atoms with Gasteiger partial charge in [0.25, 0.3) is 5.91 Å². The fourth-order valence-electron chi connectivity index (χ4n) is 2.47. The number of nitrogens with two attached hydrogens (primary N) is 1. The third-order valence-corrected chi connectivity index (χ3v) is 4.63. The van der Waals surface area contributed by atoms with Crippen LogP contribution in [-0.4, -0.2) is 22.9 Å². The van der Waals surface area contributed by atoms with Crippen LogP contribution in [0.5, 0.6) is 0 Å². The van der Waals surface area contributed by atoms with Crippen molar-refractivity contribution in [2.45, 2.75) is 26.2 Å². The molecule has 0 unspecified atom stereocenters. The maximum absolute atomic E-state index is 12.1. The molecule has 2 aromatic rings. The van der Waals surface area contributed by atoms with Gasteiger partial charge in [0.15, 0.2) is 0 Å². The Balaban J connectivity index is 2.10. The number of carboxylic acids is 1. The van der Waals surface area contributed by atoms with Crippen LogP contribution >= 0.6 is 11.3 Å². The second kappa shape index (κ2) is 8.43. The van der Waals surface area contributed by atoms with Gasteiger partial charge < -0.3 is 16.2 Å². The highest BCUT2D eigenvalue weighted by Gasteiger charge is 2.18. The predicted molar refractivity (Wildman–Crippen MR) is 96.7 cm³/mol. The minimum atomic E-state index is -0.945. The van der Waals surface area contributed by atoms with Crippen molar-refractivity contribution < 1.29 is 19.5 Å². The first-order valence-electron chi connectivity index (χ1n) is 7.83. The molecular formula is C18H20N2O4S. The molecule has 0 aliphatic rings. The highest BCUT2D eigenvalue weighted by Crippen LogP contribution is 2.30. The second-order valence-corrected chi connectivity index (χ2v) is 7.07. The quantitative estimate of drug-likeness (QED) is 0.672. The number of carboxylic acid groups (broad SMARTS) is 1. The Kier molecular flexibility index (Phi) is 6.30. The van der Waals surface area contributed by atoms with Crippen LogP contribution in [0.4, 0.5) is 5.00 Å². The van der Waals surface area contributed by atoms with E-state index in [0.717, 1.165) is 10.4 Å². The van der Waals surface area contributed by atoms with Crippen molar-refractivity contribution in [2.24, 2.45) is 11.7 Å². The molecule has 0 spiro atoms. The number of hydrogen-bond donors (Lipinski definition) is 3. The van der Waals surface area contributed by atoms with Crippen molar-refractivity contribution in [1.82, 2.24) is 0 Å². The Morgan fingerprint density at radius 3 is 2.48 bits per heavy atom. The first-order chi connectivity index (χ1) is 11.8. The van der Waals surface area contributed by atoms with Gasteiger partial charge >= 0.3 is 5.97 Å². The molecule has 4 N–H and O–H groups in total. The molecule has 0 aliphatic heterocycles. The van der Waals surface area contributed by atoms with Crippen LogP contribution in [0.25, 0.3) is 0 Å². The smallest absolute Gasteiger partial charge is 0.303 e. The first kappa shape index (κ1) is 18.7. The van der Waals surface area contributed by atoms with Crippen LogP contribution in [0.1, 0.15) is 40.6 Å². The van der Waals surface area contributed by atoms with E-state index in [1.54, 1.807) is 13.0 Å². The number of carbonyl (C=O) groups is 3. The summed E-state index contributed by atoms with van der Waals surface area (Å²) in [6.07, 6.45) is 0.618. The average Bonchev–Trinajstić information content (AvgIpc) is 2.89. The molecule has 1 atom stereocenters. The van der Waals surface area contributed by atoms with E-state index in [0.29, 0.717) is 11.4 Å². The predicted octanol–water partition coefficient (Wildman–Crippen LogP) is 2.88. The van der Waals surface area contributed by atoms with E-state index in [1.165, 1.54) is 11.3 Å². The number of nitrogens with one attached hydrogen (secondary N) is 1. The largest absolute Gasteiger partial charge is 0.481 e. The summed E-state index contributed by atoms with van der Waals surface area (Å²) in [7, 11) is 0. The van der Waals surface area contributed by atoms with Gasteiger partial charge in [0.2, 0.25) is 5.91 Å². The molecule has 0 saturated carbocycles. The van der Waals surface area contributed by atoms with Crippen molar-refractivity contribution >= 4 is 34.1 Å². The number of aliphatic carboxylic acids is 1. The summed E-state index contributed by atoms with van der Waals surface area (Å²) in [6, 6.07) is 11.5. The van der Waals surface area contributed by atoms with Crippen LogP contribution in [0.3, 0.4) is 0 Å². The van der Waals surface area contributed by atoms with E-state index >= 15 is 0 Å². The standard InChI is InChI=1S/C18H20N2O4S/c1-11(8-16(22)23)7-15(21)20-18-14(17(19)24)10-13(25-18)9-12-5-3-2-4-6-12/h2-6,10-11H,7-9H2,1H3,(H2,19,24)(H,20,21)(H,22,23)/t11-/m0/s1. The number of benzene rings is 1. The summed E-state index contributed by atoms with van der Waals surface area (Å²) < 4.78 is 0. The molecule has 0 saturated heterocycles. The van der Waals surface area contributed by atoms with Gasteiger partial charge in [0, 0.05) is 24.1 Å². The van der Waals surface area contributed by atoms with Crippen LogP contribution in [0.2, 0.25) is 0 Å². The van der Waals surface area contributed by atoms with Gasteiger partial charge in [-0.3, -0.25) is 14.4 Å². The highest BCUT2D eigenvalue weighted by atomic mass is 32.1. The molecule has 2 amide bonds. The summed E-state index contributed by atoms with van der Waals surface area (Å²) in [5.74, 6) is -2.17. The molecule has 1 aromatic heterocycles. The highest BCUT2D eigenvalue weighted by molar-refractivity contribution is 7.16. The summed E-state index contributed by atoms with van der Waals surface area (Å²) in [5, 5.41) is 11.9. The second-order valence-electron chi connectivity index (χ2n) is 5.94. The molecule has 0 bridgehead atoms. The zero-order chi connectivity index (χ0) is 18.4. The minimum absolute atomic E-state index is 0.0659. The molecule has 1 aromatic carbocycles. The Morgan fingerprint density at radius 1 is 1.20 bits per heavy atom. The molecule has 0 radical (unpaired) electrons. The Bertz CT molecular complexity index is 771. The lowest BCUT2D eigenvalue weighted by Gasteiger charge is -2.09. The number of rotatable bonds is 8. The van der Waals surface area contributed by atoms with E-state index in [1.807, 2.05) is 30.3 Å². The Morgan fingerprint density at radius 2 is 1.88 bits per heavy atom.